The third-order valence-corrected chi connectivity index (χ3v) is 9.27. The summed E-state index contributed by atoms with van der Waals surface area (Å²) in [5, 5.41) is 28.1. The second-order valence-corrected chi connectivity index (χ2v) is 12.9. The zero-order valence-corrected chi connectivity index (χ0v) is 31.6. The number of carboxylic acids is 1. The standard InChI is InChI=1S/C39H41N9O5.2ClH/c1-24(25-5-3-2-4-6-25)44-35(49)23-48-33-16-11-28(36(40)41)21-32(33)45-34(48)22-47(37(50)26-7-9-27(10-8-26)38(51)52)29-12-14-30(15-13-29)53-31-17-19-46(20-18-31)39(42)43;;/h2-16,21,24,31H,17-20,22-23H2,1H3,(H3,40,41)(H3,42,43)(H,44,49)(H,51,52);2*1H/t24-;;/m1../s1. The van der Waals surface area contributed by atoms with Crippen molar-refractivity contribution in [2.24, 2.45) is 11.5 Å². The van der Waals surface area contributed by atoms with Crippen LogP contribution in [-0.2, 0) is 17.9 Å². The maximum atomic E-state index is 14.3. The molecule has 2 heterocycles. The van der Waals surface area contributed by atoms with E-state index in [0.717, 1.165) is 5.56 Å². The first-order chi connectivity index (χ1) is 25.5. The van der Waals surface area contributed by atoms with Crippen molar-refractivity contribution in [1.82, 2.24) is 19.8 Å². The molecule has 1 fully saturated rings. The van der Waals surface area contributed by atoms with E-state index in [1.165, 1.54) is 29.2 Å². The van der Waals surface area contributed by atoms with Gasteiger partial charge in [-0.15, -0.1) is 24.8 Å². The van der Waals surface area contributed by atoms with Crippen LogP contribution in [0.4, 0.5) is 5.69 Å². The highest BCUT2D eigenvalue weighted by atomic mass is 35.5. The Labute approximate surface area is 330 Å². The van der Waals surface area contributed by atoms with E-state index in [0.29, 0.717) is 59.8 Å². The molecule has 14 nitrogen and oxygen atoms in total. The Kier molecular flexibility index (Phi) is 13.8. The maximum absolute atomic E-state index is 14.3. The number of carbonyl (C=O) groups excluding carboxylic acids is 2. The van der Waals surface area contributed by atoms with Gasteiger partial charge in [-0.05, 0) is 79.2 Å². The number of amidine groups is 1. The van der Waals surface area contributed by atoms with Crippen LogP contribution in [0, 0.1) is 10.8 Å². The number of guanidine groups is 1. The van der Waals surface area contributed by atoms with Crippen molar-refractivity contribution in [3.8, 4) is 5.75 Å². The molecule has 55 heavy (non-hydrogen) atoms. The molecule has 288 valence electrons. The molecule has 6 rings (SSSR count). The van der Waals surface area contributed by atoms with Gasteiger partial charge in [0, 0.05) is 42.7 Å². The zero-order chi connectivity index (χ0) is 37.6. The van der Waals surface area contributed by atoms with Gasteiger partial charge in [0.25, 0.3) is 5.91 Å². The topological polar surface area (TPSA) is 217 Å². The van der Waals surface area contributed by atoms with Gasteiger partial charge < -0.3 is 41.0 Å². The molecule has 8 N–H and O–H groups in total. The fourth-order valence-corrected chi connectivity index (χ4v) is 6.34. The van der Waals surface area contributed by atoms with Gasteiger partial charge in [-0.3, -0.25) is 20.4 Å². The van der Waals surface area contributed by atoms with Gasteiger partial charge in [-0.2, -0.15) is 0 Å². The van der Waals surface area contributed by atoms with Crippen LogP contribution in [0.15, 0.2) is 97.1 Å². The molecule has 0 saturated carbocycles. The lowest BCUT2D eigenvalue weighted by Crippen LogP contribution is -2.44. The molecule has 0 bridgehead atoms. The van der Waals surface area contributed by atoms with E-state index in [-0.39, 0.29) is 78.9 Å². The van der Waals surface area contributed by atoms with E-state index < -0.39 is 11.9 Å². The quantitative estimate of drug-likeness (QED) is 0.0711. The molecule has 1 atom stereocenters. The van der Waals surface area contributed by atoms with Crippen molar-refractivity contribution in [1.29, 1.82) is 10.8 Å². The normalized spacial score (nSPS) is 13.1. The molecule has 1 aliphatic rings. The first-order valence-corrected chi connectivity index (χ1v) is 17.2. The SMILES string of the molecule is C[C@@H](NC(=O)Cn1c(CN(C(=O)c2ccc(C(=O)O)cc2)c2ccc(OC3CCN(C(=N)N)CC3)cc2)nc2cc(C(=N)N)ccc21)c1ccccc1.Cl.Cl. The molecule has 4 aromatic carbocycles. The summed E-state index contributed by atoms with van der Waals surface area (Å²) in [6, 6.07) is 27.2. The summed E-state index contributed by atoms with van der Waals surface area (Å²) in [6.45, 7) is 2.98. The summed E-state index contributed by atoms with van der Waals surface area (Å²) < 4.78 is 7.97. The Bertz CT molecular complexity index is 2150. The van der Waals surface area contributed by atoms with Crippen LogP contribution in [0.5, 0.6) is 5.75 Å². The zero-order valence-electron chi connectivity index (χ0n) is 30.0. The van der Waals surface area contributed by atoms with Gasteiger partial charge in [0.2, 0.25) is 5.91 Å². The highest BCUT2D eigenvalue weighted by Gasteiger charge is 2.25. The lowest BCUT2D eigenvalue weighted by molar-refractivity contribution is -0.122. The fourth-order valence-electron chi connectivity index (χ4n) is 6.34. The van der Waals surface area contributed by atoms with Gasteiger partial charge in [-0.1, -0.05) is 30.3 Å². The maximum Gasteiger partial charge on any atom is 0.335 e. The number of carbonyl (C=O) groups is 3. The van der Waals surface area contributed by atoms with Crippen LogP contribution in [-0.4, -0.2) is 68.3 Å². The molecule has 1 saturated heterocycles. The number of nitrogens with zero attached hydrogens (tertiary/aromatic N) is 4. The average Bonchev–Trinajstić information content (AvgIpc) is 3.50. The van der Waals surface area contributed by atoms with Crippen molar-refractivity contribution in [3.05, 3.63) is 125 Å². The highest BCUT2D eigenvalue weighted by molar-refractivity contribution is 6.06. The molecule has 0 spiro atoms. The molecule has 16 heteroatoms. The minimum atomic E-state index is -1.11. The number of fused-ring (bicyclic) bond motifs is 1. The predicted octanol–water partition coefficient (Wildman–Crippen LogP) is 5.32. The number of rotatable bonds is 12. The van der Waals surface area contributed by atoms with Crippen molar-refractivity contribution in [2.75, 3.05) is 18.0 Å². The predicted molar refractivity (Wildman–Crippen MR) is 216 cm³/mol. The molecular weight excluding hydrogens is 745 g/mol. The number of amides is 2. The van der Waals surface area contributed by atoms with Crippen LogP contribution >= 0.6 is 24.8 Å². The van der Waals surface area contributed by atoms with Gasteiger partial charge >= 0.3 is 5.97 Å². The summed E-state index contributed by atoms with van der Waals surface area (Å²) in [5.41, 5.74) is 14.8. The number of likely N-dealkylation sites (tertiary alicyclic amines) is 1. The van der Waals surface area contributed by atoms with E-state index in [4.69, 9.17) is 32.0 Å². The number of nitrogens with two attached hydrogens (primary N) is 2. The summed E-state index contributed by atoms with van der Waals surface area (Å²) in [7, 11) is 0. The number of aromatic nitrogens is 2. The third-order valence-electron chi connectivity index (χ3n) is 9.27. The highest BCUT2D eigenvalue weighted by Crippen LogP contribution is 2.27. The largest absolute Gasteiger partial charge is 0.490 e. The fraction of sp³-hybridized carbons (Fsp3) is 0.231. The summed E-state index contributed by atoms with van der Waals surface area (Å²) in [5.74, 6) is -0.872. The number of anilines is 1. The number of hydrogen-bond acceptors (Lipinski definition) is 7. The second-order valence-electron chi connectivity index (χ2n) is 12.9. The van der Waals surface area contributed by atoms with Crippen molar-refractivity contribution in [2.45, 2.75) is 45.0 Å². The van der Waals surface area contributed by atoms with E-state index in [2.05, 4.69) is 5.32 Å². The van der Waals surface area contributed by atoms with Gasteiger partial charge in [0.1, 0.15) is 30.1 Å². The third kappa shape index (κ3) is 9.90. The number of carboxylic acid groups (broad SMARTS) is 1. The molecule has 0 unspecified atom stereocenters. The number of imidazole rings is 1. The number of nitrogen functional groups attached to an aromatic ring is 1. The first-order valence-electron chi connectivity index (χ1n) is 17.2. The Morgan fingerprint density at radius 3 is 2.13 bits per heavy atom. The van der Waals surface area contributed by atoms with Crippen LogP contribution in [0.3, 0.4) is 0 Å². The Hall–Kier alpha value is -6.12. The second kappa shape index (κ2) is 18.3. The van der Waals surface area contributed by atoms with Gasteiger partial charge in [0.05, 0.1) is 29.2 Å². The van der Waals surface area contributed by atoms with Gasteiger partial charge in [-0.25, -0.2) is 9.78 Å². The lowest BCUT2D eigenvalue weighted by Gasteiger charge is -2.32. The minimum absolute atomic E-state index is 0. The van der Waals surface area contributed by atoms with E-state index in [1.807, 2.05) is 37.3 Å². The Morgan fingerprint density at radius 1 is 0.909 bits per heavy atom. The van der Waals surface area contributed by atoms with Crippen LogP contribution in [0.25, 0.3) is 11.0 Å². The van der Waals surface area contributed by atoms with Gasteiger partial charge in [0.15, 0.2) is 5.96 Å². The van der Waals surface area contributed by atoms with Crippen LogP contribution in [0.1, 0.15) is 63.5 Å². The van der Waals surface area contributed by atoms with Crippen molar-refractivity contribution in [3.63, 3.8) is 0 Å². The van der Waals surface area contributed by atoms with Crippen molar-refractivity contribution >= 4 is 71.1 Å². The molecule has 1 aromatic heterocycles. The summed E-state index contributed by atoms with van der Waals surface area (Å²) in [6.07, 6.45) is 1.35. The monoisotopic (exact) mass is 787 g/mol. The molecule has 0 radical (unpaired) electrons. The first kappa shape index (κ1) is 41.6. The lowest BCUT2D eigenvalue weighted by atomic mass is 10.1. The molecular formula is C39H43Cl2N9O5. The number of hydrogen-bond donors (Lipinski definition) is 6. The molecule has 0 aliphatic carbocycles. The Balaban J connectivity index is 0.00000336. The molecule has 5 aromatic rings. The average molecular weight is 789 g/mol. The number of aromatic carboxylic acids is 1. The van der Waals surface area contributed by atoms with Crippen LogP contribution in [0.2, 0.25) is 0 Å². The van der Waals surface area contributed by atoms with E-state index >= 15 is 0 Å². The van der Waals surface area contributed by atoms with Crippen LogP contribution < -0.4 is 26.4 Å². The smallest absolute Gasteiger partial charge is 0.335 e. The van der Waals surface area contributed by atoms with Crippen molar-refractivity contribution < 1.29 is 24.2 Å². The molecule has 2 amide bonds. The summed E-state index contributed by atoms with van der Waals surface area (Å²) >= 11 is 0. The van der Waals surface area contributed by atoms with E-state index in [1.54, 1.807) is 51.9 Å². The van der Waals surface area contributed by atoms with E-state index in [9.17, 15) is 19.5 Å². The summed E-state index contributed by atoms with van der Waals surface area (Å²) in [4.78, 5) is 47.5. The Morgan fingerprint density at radius 2 is 1.53 bits per heavy atom. The number of nitrogens with one attached hydrogen (secondary N) is 3. The number of halogens is 2. The minimum Gasteiger partial charge on any atom is -0.490 e. The molecule has 1 aliphatic heterocycles. The number of ether oxygens (including phenoxy) is 1. The number of piperidine rings is 1. The number of benzene rings is 4.